The number of rotatable bonds is 10. The van der Waals surface area contributed by atoms with Crippen LogP contribution in [0.2, 0.25) is 0 Å². The third kappa shape index (κ3) is 6.69. The van der Waals surface area contributed by atoms with Crippen molar-refractivity contribution in [3.05, 3.63) is 54.0 Å². The Balaban J connectivity index is 1.40. The van der Waals surface area contributed by atoms with Crippen LogP contribution in [0.3, 0.4) is 0 Å². The van der Waals surface area contributed by atoms with Gasteiger partial charge in [0.25, 0.3) is 5.91 Å². The van der Waals surface area contributed by atoms with Gasteiger partial charge in [-0.15, -0.1) is 0 Å². The molecular weight excluding hydrogens is 392 g/mol. The van der Waals surface area contributed by atoms with Crippen LogP contribution in [-0.2, 0) is 21.3 Å². The molecule has 3 rings (SSSR count). The predicted molar refractivity (Wildman–Crippen MR) is 109 cm³/mol. The number of carbonyl (C=O) groups excluding carboxylic acids is 1. The smallest absolute Gasteiger partial charge is 0.251 e. The Morgan fingerprint density at radius 1 is 1.10 bits per heavy atom. The summed E-state index contributed by atoms with van der Waals surface area (Å²) in [5.41, 5.74) is 0.420. The van der Waals surface area contributed by atoms with E-state index in [2.05, 4.69) is 10.0 Å². The van der Waals surface area contributed by atoms with E-state index in [9.17, 15) is 13.2 Å². The molecule has 1 aliphatic rings. The highest BCUT2D eigenvalue weighted by Crippen LogP contribution is 2.20. The summed E-state index contributed by atoms with van der Waals surface area (Å²) >= 11 is 0. The molecule has 0 unspecified atom stereocenters. The quantitative estimate of drug-likeness (QED) is 0.575. The lowest BCUT2D eigenvalue weighted by Crippen LogP contribution is -2.26. The highest BCUT2D eigenvalue weighted by molar-refractivity contribution is 7.89. The molecule has 1 amide bonds. The molecule has 0 bridgehead atoms. The summed E-state index contributed by atoms with van der Waals surface area (Å²) in [6, 6.07) is 9.25. The fourth-order valence-corrected chi connectivity index (χ4v) is 4.30. The fourth-order valence-electron chi connectivity index (χ4n) is 3.31. The molecule has 1 aromatic carbocycles. The van der Waals surface area contributed by atoms with Gasteiger partial charge < -0.3 is 14.5 Å². The lowest BCUT2D eigenvalue weighted by atomic mass is 9.98. The summed E-state index contributed by atoms with van der Waals surface area (Å²) in [7, 11) is -3.67. The van der Waals surface area contributed by atoms with Crippen molar-refractivity contribution in [1.29, 1.82) is 0 Å². The van der Waals surface area contributed by atoms with Gasteiger partial charge in [0, 0.05) is 18.7 Å². The van der Waals surface area contributed by atoms with Crippen molar-refractivity contribution in [2.45, 2.75) is 56.1 Å². The van der Waals surface area contributed by atoms with Crippen molar-refractivity contribution >= 4 is 15.9 Å². The summed E-state index contributed by atoms with van der Waals surface area (Å²) in [6.07, 6.45) is 8.67. The molecule has 29 heavy (non-hydrogen) atoms. The second-order valence-electron chi connectivity index (χ2n) is 7.17. The van der Waals surface area contributed by atoms with Crippen molar-refractivity contribution < 1.29 is 22.4 Å². The van der Waals surface area contributed by atoms with Gasteiger partial charge in [-0.1, -0.05) is 19.3 Å². The van der Waals surface area contributed by atoms with Crippen LogP contribution >= 0.6 is 0 Å². The fraction of sp³-hybridized carbons (Fsp3) is 0.476. The molecular formula is C21H28N2O5S. The highest BCUT2D eigenvalue weighted by Gasteiger charge is 2.16. The number of hydrogen-bond acceptors (Lipinski definition) is 5. The first-order valence-electron chi connectivity index (χ1n) is 10.1. The molecule has 0 spiro atoms. The number of furan rings is 1. The normalized spacial score (nSPS) is 15.3. The van der Waals surface area contributed by atoms with Gasteiger partial charge in [0.1, 0.15) is 5.76 Å². The maximum absolute atomic E-state index is 12.3. The Bertz CT molecular complexity index is 857. The van der Waals surface area contributed by atoms with Crippen LogP contribution in [0.1, 0.15) is 54.6 Å². The molecule has 0 atom stereocenters. The number of carbonyl (C=O) groups is 1. The molecule has 1 saturated carbocycles. The minimum atomic E-state index is -3.67. The van der Waals surface area contributed by atoms with E-state index >= 15 is 0 Å². The molecule has 0 aliphatic heterocycles. The molecule has 158 valence electrons. The van der Waals surface area contributed by atoms with Crippen molar-refractivity contribution in [3.8, 4) is 0 Å². The number of nitrogens with one attached hydrogen (secondary N) is 2. The SMILES string of the molecule is O=C(NCCCOC1CCCCC1)c1ccc(S(=O)(=O)NCc2ccco2)cc1. The van der Waals surface area contributed by atoms with Crippen LogP contribution in [0, 0.1) is 0 Å². The Labute approximate surface area is 171 Å². The van der Waals surface area contributed by atoms with Crippen LogP contribution in [-0.4, -0.2) is 33.6 Å². The minimum absolute atomic E-state index is 0.0699. The van der Waals surface area contributed by atoms with Crippen molar-refractivity contribution in [1.82, 2.24) is 10.0 Å². The van der Waals surface area contributed by atoms with Crippen LogP contribution in [0.5, 0.6) is 0 Å². The van der Waals surface area contributed by atoms with Crippen LogP contribution in [0.25, 0.3) is 0 Å². The summed E-state index contributed by atoms with van der Waals surface area (Å²) in [5, 5.41) is 2.84. The first kappa shape index (κ1) is 21.5. The van der Waals surface area contributed by atoms with Gasteiger partial charge in [-0.05, 0) is 55.7 Å². The summed E-state index contributed by atoms with van der Waals surface area (Å²) in [5.74, 6) is 0.298. The van der Waals surface area contributed by atoms with E-state index < -0.39 is 10.0 Å². The third-order valence-electron chi connectivity index (χ3n) is 4.96. The second kappa shape index (κ2) is 10.6. The summed E-state index contributed by atoms with van der Waals surface area (Å²) in [6.45, 7) is 1.24. The molecule has 1 fully saturated rings. The molecule has 1 aliphatic carbocycles. The Morgan fingerprint density at radius 3 is 2.55 bits per heavy atom. The lowest BCUT2D eigenvalue weighted by Gasteiger charge is -2.21. The third-order valence-corrected chi connectivity index (χ3v) is 6.37. The average Bonchev–Trinajstić information content (AvgIpc) is 3.27. The topological polar surface area (TPSA) is 97.6 Å². The number of sulfonamides is 1. The molecule has 2 aromatic rings. The van der Waals surface area contributed by atoms with Gasteiger partial charge in [-0.3, -0.25) is 4.79 Å². The molecule has 0 radical (unpaired) electrons. The van der Waals surface area contributed by atoms with Gasteiger partial charge in [0.15, 0.2) is 0 Å². The van der Waals surface area contributed by atoms with E-state index in [0.717, 1.165) is 19.3 Å². The van der Waals surface area contributed by atoms with E-state index in [1.165, 1.54) is 49.8 Å². The zero-order valence-corrected chi connectivity index (χ0v) is 17.2. The largest absolute Gasteiger partial charge is 0.468 e. The van der Waals surface area contributed by atoms with Crippen molar-refractivity contribution in [3.63, 3.8) is 0 Å². The molecule has 7 nitrogen and oxygen atoms in total. The number of ether oxygens (including phenoxy) is 1. The first-order valence-corrected chi connectivity index (χ1v) is 11.5. The van der Waals surface area contributed by atoms with Gasteiger partial charge in [0.2, 0.25) is 10.0 Å². The van der Waals surface area contributed by atoms with Gasteiger partial charge >= 0.3 is 0 Å². The Morgan fingerprint density at radius 2 is 1.86 bits per heavy atom. The van der Waals surface area contributed by atoms with E-state index in [0.29, 0.717) is 30.6 Å². The van der Waals surface area contributed by atoms with E-state index in [4.69, 9.17) is 9.15 Å². The van der Waals surface area contributed by atoms with E-state index in [-0.39, 0.29) is 17.3 Å². The molecule has 1 aromatic heterocycles. The van der Waals surface area contributed by atoms with Crippen LogP contribution in [0.15, 0.2) is 52.0 Å². The maximum atomic E-state index is 12.3. The number of amides is 1. The monoisotopic (exact) mass is 420 g/mol. The predicted octanol–water partition coefficient (Wildman–Crippen LogP) is 3.23. The molecule has 2 N–H and O–H groups in total. The zero-order valence-electron chi connectivity index (χ0n) is 16.4. The van der Waals surface area contributed by atoms with Gasteiger partial charge in [-0.2, -0.15) is 0 Å². The minimum Gasteiger partial charge on any atom is -0.468 e. The lowest BCUT2D eigenvalue weighted by molar-refractivity contribution is 0.0273. The standard InChI is InChI=1S/C21H28N2O5S/c24-21(22-13-5-15-27-18-6-2-1-3-7-18)17-9-11-20(12-10-17)29(25,26)23-16-19-8-4-14-28-19/h4,8-12,14,18,23H,1-3,5-7,13,15-16H2,(H,22,24). The first-order chi connectivity index (χ1) is 14.0. The Hall–Kier alpha value is -2.16. The van der Waals surface area contributed by atoms with Crippen LogP contribution < -0.4 is 10.0 Å². The van der Waals surface area contributed by atoms with E-state index in [1.54, 1.807) is 12.1 Å². The maximum Gasteiger partial charge on any atom is 0.251 e. The second-order valence-corrected chi connectivity index (χ2v) is 8.94. The van der Waals surface area contributed by atoms with Crippen molar-refractivity contribution in [2.75, 3.05) is 13.2 Å². The zero-order chi connectivity index (χ0) is 20.5. The number of benzene rings is 1. The van der Waals surface area contributed by atoms with Gasteiger partial charge in [-0.25, -0.2) is 13.1 Å². The number of hydrogen-bond donors (Lipinski definition) is 2. The Kier molecular flexibility index (Phi) is 7.85. The van der Waals surface area contributed by atoms with Crippen molar-refractivity contribution in [2.24, 2.45) is 0 Å². The van der Waals surface area contributed by atoms with E-state index in [1.807, 2.05) is 0 Å². The molecule has 0 saturated heterocycles. The molecule has 8 heteroatoms. The van der Waals surface area contributed by atoms with Crippen LogP contribution in [0.4, 0.5) is 0 Å². The average molecular weight is 421 g/mol. The highest BCUT2D eigenvalue weighted by atomic mass is 32.2. The summed E-state index contributed by atoms with van der Waals surface area (Å²) in [4.78, 5) is 12.3. The molecule has 1 heterocycles. The summed E-state index contributed by atoms with van der Waals surface area (Å²) < 4.78 is 38.1. The van der Waals surface area contributed by atoms with Gasteiger partial charge in [0.05, 0.1) is 23.8 Å².